The summed E-state index contributed by atoms with van der Waals surface area (Å²) in [6, 6.07) is -0.735. The van der Waals surface area contributed by atoms with Crippen LogP contribution in [0.4, 0.5) is 4.79 Å². The average molecular weight is 285 g/mol. The number of carbonyl (C=O) groups excluding carboxylic acids is 1. The summed E-state index contributed by atoms with van der Waals surface area (Å²) in [7, 11) is 0. The standard InChI is InChI=1S/C12H19N3O5/c1-6(10-7(2)15-20-8(10)3)14-12(19)13-5-4-9(16)11(17)18/h6,9,16H,4-5H2,1-3H3,(H,17,18)(H2,13,14,19). The molecule has 1 rings (SSSR count). The van der Waals surface area contributed by atoms with Gasteiger partial charge in [0, 0.05) is 18.5 Å². The van der Waals surface area contributed by atoms with Crippen molar-refractivity contribution >= 4 is 12.0 Å². The molecular formula is C12H19N3O5. The van der Waals surface area contributed by atoms with Crippen molar-refractivity contribution in [2.75, 3.05) is 6.54 Å². The summed E-state index contributed by atoms with van der Waals surface area (Å²) in [5, 5.41) is 26.5. The van der Waals surface area contributed by atoms with Crippen LogP contribution in [0, 0.1) is 13.8 Å². The zero-order chi connectivity index (χ0) is 15.3. The molecule has 1 heterocycles. The first-order valence-electron chi connectivity index (χ1n) is 6.21. The van der Waals surface area contributed by atoms with Gasteiger partial charge >= 0.3 is 12.0 Å². The second kappa shape index (κ2) is 6.90. The highest BCUT2D eigenvalue weighted by molar-refractivity contribution is 5.75. The molecule has 2 atom stereocenters. The van der Waals surface area contributed by atoms with Crippen LogP contribution in [0.1, 0.15) is 36.4 Å². The fraction of sp³-hybridized carbons (Fsp3) is 0.583. The van der Waals surface area contributed by atoms with E-state index >= 15 is 0 Å². The maximum absolute atomic E-state index is 11.6. The fourth-order valence-corrected chi connectivity index (χ4v) is 1.87. The van der Waals surface area contributed by atoms with Crippen molar-refractivity contribution in [1.82, 2.24) is 15.8 Å². The summed E-state index contributed by atoms with van der Waals surface area (Å²) in [5.74, 6) is -0.673. The first-order chi connectivity index (χ1) is 9.32. The second-order valence-electron chi connectivity index (χ2n) is 4.50. The molecule has 0 radical (unpaired) electrons. The first kappa shape index (κ1) is 16.0. The molecule has 0 saturated heterocycles. The Kier molecular flexibility index (Phi) is 5.51. The SMILES string of the molecule is Cc1noc(C)c1C(C)NC(=O)NCCC(O)C(=O)O. The van der Waals surface area contributed by atoms with Gasteiger partial charge < -0.3 is 25.4 Å². The zero-order valence-corrected chi connectivity index (χ0v) is 11.6. The van der Waals surface area contributed by atoms with Crippen LogP contribution in [0.25, 0.3) is 0 Å². The zero-order valence-electron chi connectivity index (χ0n) is 11.6. The molecule has 0 bridgehead atoms. The lowest BCUT2D eigenvalue weighted by atomic mass is 10.1. The van der Waals surface area contributed by atoms with Gasteiger partial charge in [0.15, 0.2) is 6.10 Å². The van der Waals surface area contributed by atoms with E-state index in [9.17, 15) is 9.59 Å². The normalized spacial score (nSPS) is 13.6. The number of aliphatic carboxylic acids is 1. The van der Waals surface area contributed by atoms with E-state index in [1.807, 2.05) is 0 Å². The number of amides is 2. The van der Waals surface area contributed by atoms with Crippen LogP contribution < -0.4 is 10.6 Å². The smallest absolute Gasteiger partial charge is 0.332 e. The Morgan fingerprint density at radius 3 is 2.55 bits per heavy atom. The average Bonchev–Trinajstić information content (AvgIpc) is 2.68. The predicted octanol–water partition coefficient (Wildman–Crippen LogP) is 0.487. The van der Waals surface area contributed by atoms with Crippen molar-refractivity contribution in [2.24, 2.45) is 0 Å². The van der Waals surface area contributed by atoms with Crippen LogP contribution in [0.15, 0.2) is 4.52 Å². The number of carboxylic acid groups (broad SMARTS) is 1. The number of hydrogen-bond donors (Lipinski definition) is 4. The number of aryl methyl sites for hydroxylation is 2. The molecule has 4 N–H and O–H groups in total. The van der Waals surface area contributed by atoms with Crippen molar-refractivity contribution < 1.29 is 24.3 Å². The minimum Gasteiger partial charge on any atom is -0.479 e. The number of aromatic nitrogens is 1. The lowest BCUT2D eigenvalue weighted by Crippen LogP contribution is -2.39. The van der Waals surface area contributed by atoms with E-state index in [0.29, 0.717) is 11.5 Å². The summed E-state index contributed by atoms with van der Waals surface area (Å²) in [4.78, 5) is 22.0. The molecule has 0 aliphatic heterocycles. The number of urea groups is 1. The van der Waals surface area contributed by atoms with E-state index in [0.717, 1.165) is 5.56 Å². The Balaban J connectivity index is 2.41. The fourth-order valence-electron chi connectivity index (χ4n) is 1.87. The third-order valence-electron chi connectivity index (χ3n) is 2.86. The van der Waals surface area contributed by atoms with Crippen LogP contribution in [-0.2, 0) is 4.79 Å². The van der Waals surface area contributed by atoms with Crippen LogP contribution in [0.2, 0.25) is 0 Å². The molecule has 8 nitrogen and oxygen atoms in total. The molecular weight excluding hydrogens is 266 g/mol. The van der Waals surface area contributed by atoms with Gasteiger partial charge in [0.05, 0.1) is 11.7 Å². The van der Waals surface area contributed by atoms with Gasteiger partial charge in [-0.2, -0.15) is 0 Å². The third kappa shape index (κ3) is 4.23. The molecule has 0 saturated carbocycles. The molecule has 0 fully saturated rings. The third-order valence-corrected chi connectivity index (χ3v) is 2.86. The van der Waals surface area contributed by atoms with Crippen molar-refractivity contribution in [3.63, 3.8) is 0 Å². The molecule has 0 spiro atoms. The Morgan fingerprint density at radius 1 is 1.40 bits per heavy atom. The molecule has 1 aromatic heterocycles. The van der Waals surface area contributed by atoms with Gasteiger partial charge in [0.25, 0.3) is 0 Å². The number of carboxylic acids is 1. The van der Waals surface area contributed by atoms with E-state index in [4.69, 9.17) is 14.7 Å². The number of aliphatic hydroxyl groups excluding tert-OH is 1. The summed E-state index contributed by atoms with van der Waals surface area (Å²) >= 11 is 0. The number of hydrogen-bond acceptors (Lipinski definition) is 5. The van der Waals surface area contributed by atoms with E-state index in [2.05, 4.69) is 15.8 Å². The molecule has 2 amide bonds. The van der Waals surface area contributed by atoms with Gasteiger partial charge in [0.2, 0.25) is 0 Å². The summed E-state index contributed by atoms with van der Waals surface area (Å²) in [6.45, 7) is 5.39. The summed E-state index contributed by atoms with van der Waals surface area (Å²) in [5.41, 5.74) is 1.52. The highest BCUT2D eigenvalue weighted by Gasteiger charge is 2.18. The molecule has 112 valence electrons. The summed E-state index contributed by atoms with van der Waals surface area (Å²) in [6.07, 6.45) is -1.53. The quantitative estimate of drug-likeness (QED) is 0.602. The highest BCUT2D eigenvalue weighted by atomic mass is 16.5. The molecule has 2 unspecified atom stereocenters. The van der Waals surface area contributed by atoms with Gasteiger partial charge in [-0.15, -0.1) is 0 Å². The largest absolute Gasteiger partial charge is 0.479 e. The van der Waals surface area contributed by atoms with Crippen molar-refractivity contribution in [2.45, 2.75) is 39.3 Å². The van der Waals surface area contributed by atoms with Gasteiger partial charge in [-0.3, -0.25) is 0 Å². The van der Waals surface area contributed by atoms with Gasteiger partial charge in [-0.25, -0.2) is 9.59 Å². The predicted molar refractivity (Wildman–Crippen MR) is 69.2 cm³/mol. The van der Waals surface area contributed by atoms with Gasteiger partial charge in [0.1, 0.15) is 5.76 Å². The van der Waals surface area contributed by atoms with E-state index in [1.165, 1.54) is 0 Å². The Morgan fingerprint density at radius 2 is 2.05 bits per heavy atom. The first-order valence-corrected chi connectivity index (χ1v) is 6.21. The van der Waals surface area contributed by atoms with Crippen LogP contribution in [-0.4, -0.2) is 40.0 Å². The molecule has 0 aliphatic carbocycles. The van der Waals surface area contributed by atoms with Gasteiger partial charge in [-0.05, 0) is 20.8 Å². The van der Waals surface area contributed by atoms with Crippen LogP contribution in [0.5, 0.6) is 0 Å². The van der Waals surface area contributed by atoms with Crippen LogP contribution in [0.3, 0.4) is 0 Å². The van der Waals surface area contributed by atoms with Crippen molar-refractivity contribution in [3.8, 4) is 0 Å². The minimum atomic E-state index is -1.48. The number of aliphatic hydroxyl groups is 1. The number of rotatable bonds is 6. The minimum absolute atomic E-state index is 0.0531. The van der Waals surface area contributed by atoms with Crippen LogP contribution >= 0.6 is 0 Å². The molecule has 8 heteroatoms. The van der Waals surface area contributed by atoms with Crippen molar-refractivity contribution in [1.29, 1.82) is 0 Å². The maximum atomic E-state index is 11.6. The second-order valence-corrected chi connectivity index (χ2v) is 4.50. The number of nitrogens with one attached hydrogen (secondary N) is 2. The lowest BCUT2D eigenvalue weighted by molar-refractivity contribution is -0.146. The number of carbonyl (C=O) groups is 2. The topological polar surface area (TPSA) is 125 Å². The van der Waals surface area contributed by atoms with E-state index < -0.39 is 18.1 Å². The highest BCUT2D eigenvalue weighted by Crippen LogP contribution is 2.20. The molecule has 1 aromatic rings. The Labute approximate surface area is 116 Å². The Bertz CT molecular complexity index is 466. The molecule has 0 aliphatic rings. The van der Waals surface area contributed by atoms with E-state index in [1.54, 1.807) is 20.8 Å². The molecule has 0 aromatic carbocycles. The maximum Gasteiger partial charge on any atom is 0.332 e. The van der Waals surface area contributed by atoms with Gasteiger partial charge in [-0.1, -0.05) is 5.16 Å². The van der Waals surface area contributed by atoms with E-state index in [-0.39, 0.29) is 19.0 Å². The molecule has 20 heavy (non-hydrogen) atoms. The number of nitrogens with zero attached hydrogens (tertiary/aromatic N) is 1. The lowest BCUT2D eigenvalue weighted by Gasteiger charge is -2.14. The Hall–Kier alpha value is -2.09. The van der Waals surface area contributed by atoms with Crippen molar-refractivity contribution in [3.05, 3.63) is 17.0 Å². The summed E-state index contributed by atoms with van der Waals surface area (Å²) < 4.78 is 5.02. The monoisotopic (exact) mass is 285 g/mol.